The smallest absolute Gasteiger partial charge is 0.356 e. The van der Waals surface area contributed by atoms with Gasteiger partial charge in [0.15, 0.2) is 0 Å². The highest BCUT2D eigenvalue weighted by Gasteiger charge is 2.36. The molecule has 0 aliphatic carbocycles. The number of aromatic nitrogens is 1. The van der Waals surface area contributed by atoms with Crippen molar-refractivity contribution in [3.05, 3.63) is 39.8 Å². The summed E-state index contributed by atoms with van der Waals surface area (Å²) in [5.74, 6) is -0.738. The Morgan fingerprint density at radius 3 is 2.50 bits per heavy atom. The minimum atomic E-state index is -4.56. The topological polar surface area (TPSA) is 34.0 Å². The fourth-order valence-corrected chi connectivity index (χ4v) is 3.15. The molecule has 0 aromatic carbocycles. The summed E-state index contributed by atoms with van der Waals surface area (Å²) >= 11 is 1.50. The number of anilines is 1. The zero-order valence-electron chi connectivity index (χ0n) is 14.1. The van der Waals surface area contributed by atoms with Crippen LogP contribution in [0.4, 0.5) is 18.9 Å². The summed E-state index contributed by atoms with van der Waals surface area (Å²) in [4.78, 5) is 13.3. The third-order valence-electron chi connectivity index (χ3n) is 3.60. The van der Waals surface area contributed by atoms with E-state index in [1.165, 1.54) is 29.1 Å². The summed E-state index contributed by atoms with van der Waals surface area (Å²) in [6.45, 7) is 6.37. The van der Waals surface area contributed by atoms with Gasteiger partial charge in [0, 0.05) is 24.3 Å². The molecule has 7 heteroatoms. The van der Waals surface area contributed by atoms with Crippen LogP contribution < -0.4 is 5.32 Å². The van der Waals surface area contributed by atoms with Crippen molar-refractivity contribution >= 4 is 22.9 Å². The lowest BCUT2D eigenvalue weighted by Gasteiger charge is -2.17. The van der Waals surface area contributed by atoms with Crippen molar-refractivity contribution in [3.8, 4) is 0 Å². The Balaban J connectivity index is 2.19. The van der Waals surface area contributed by atoms with Gasteiger partial charge in [-0.1, -0.05) is 20.8 Å². The van der Waals surface area contributed by atoms with E-state index in [2.05, 4.69) is 26.1 Å². The molecule has 2 rings (SSSR count). The van der Waals surface area contributed by atoms with Gasteiger partial charge in [-0.05, 0) is 29.7 Å². The maximum absolute atomic E-state index is 13.0. The molecule has 132 valence electrons. The van der Waals surface area contributed by atoms with E-state index in [0.717, 1.165) is 23.9 Å². The predicted octanol–water partition coefficient (Wildman–Crippen LogP) is 5.34. The number of hydrogen-bond acceptors (Lipinski definition) is 2. The Morgan fingerprint density at radius 1 is 1.25 bits per heavy atom. The van der Waals surface area contributed by atoms with Crippen molar-refractivity contribution < 1.29 is 18.0 Å². The largest absolute Gasteiger partial charge is 0.418 e. The summed E-state index contributed by atoms with van der Waals surface area (Å²) in [6, 6.07) is 1.73. The van der Waals surface area contributed by atoms with Crippen LogP contribution in [0.3, 0.4) is 0 Å². The first kappa shape index (κ1) is 18.6. The highest BCUT2D eigenvalue weighted by Crippen LogP contribution is 2.34. The van der Waals surface area contributed by atoms with Gasteiger partial charge >= 0.3 is 6.18 Å². The molecule has 2 heterocycles. The highest BCUT2D eigenvalue weighted by molar-refractivity contribution is 7.10. The van der Waals surface area contributed by atoms with Crippen molar-refractivity contribution in [1.82, 2.24) is 4.57 Å². The van der Waals surface area contributed by atoms with Gasteiger partial charge in [-0.15, -0.1) is 11.3 Å². The maximum Gasteiger partial charge on any atom is 0.418 e. The Morgan fingerprint density at radius 2 is 1.92 bits per heavy atom. The average molecular weight is 358 g/mol. The van der Waals surface area contributed by atoms with E-state index in [1.807, 2.05) is 5.38 Å². The van der Waals surface area contributed by atoms with E-state index in [1.54, 1.807) is 6.07 Å². The highest BCUT2D eigenvalue weighted by atomic mass is 32.1. The molecular weight excluding hydrogens is 337 g/mol. The molecule has 2 aromatic heterocycles. The molecule has 0 aliphatic heterocycles. The predicted molar refractivity (Wildman–Crippen MR) is 90.5 cm³/mol. The number of carbonyl (C=O) groups is 1. The summed E-state index contributed by atoms with van der Waals surface area (Å²) in [6.07, 6.45) is -0.743. The molecule has 0 radical (unpaired) electrons. The summed E-state index contributed by atoms with van der Waals surface area (Å²) in [5, 5.41) is 4.46. The van der Waals surface area contributed by atoms with Gasteiger partial charge in [0.05, 0.1) is 16.8 Å². The van der Waals surface area contributed by atoms with Crippen LogP contribution in [-0.4, -0.2) is 10.5 Å². The SMILES string of the molecule is Cn1cc(C(=O)Nc2ccsc2CCC(C)(C)C)c(C(F)(F)F)c1. The lowest BCUT2D eigenvalue weighted by Crippen LogP contribution is -2.17. The number of nitrogens with zero attached hydrogens (tertiary/aromatic N) is 1. The van der Waals surface area contributed by atoms with Crippen molar-refractivity contribution in [2.75, 3.05) is 5.32 Å². The van der Waals surface area contributed by atoms with E-state index >= 15 is 0 Å². The molecule has 0 aliphatic rings. The first-order valence-electron chi connectivity index (χ1n) is 7.58. The minimum absolute atomic E-state index is 0.147. The summed E-state index contributed by atoms with van der Waals surface area (Å²) < 4.78 is 40.4. The van der Waals surface area contributed by atoms with Crippen molar-refractivity contribution in [3.63, 3.8) is 0 Å². The minimum Gasteiger partial charge on any atom is -0.356 e. The van der Waals surface area contributed by atoms with Gasteiger partial charge in [0.2, 0.25) is 0 Å². The van der Waals surface area contributed by atoms with E-state index in [9.17, 15) is 18.0 Å². The van der Waals surface area contributed by atoms with Crippen LogP contribution in [0.2, 0.25) is 0 Å². The first-order valence-corrected chi connectivity index (χ1v) is 8.46. The quantitative estimate of drug-likeness (QED) is 0.787. The molecule has 0 spiro atoms. The second-order valence-electron chi connectivity index (χ2n) is 7.02. The Kier molecular flexibility index (Phi) is 5.13. The zero-order valence-corrected chi connectivity index (χ0v) is 14.9. The van der Waals surface area contributed by atoms with Crippen molar-refractivity contribution in [2.24, 2.45) is 12.5 Å². The molecule has 0 atom stereocenters. The molecule has 0 bridgehead atoms. The van der Waals surface area contributed by atoms with Gasteiger partial charge in [-0.25, -0.2) is 0 Å². The van der Waals surface area contributed by atoms with Gasteiger partial charge in [0.1, 0.15) is 0 Å². The normalized spacial score (nSPS) is 12.5. The van der Waals surface area contributed by atoms with E-state index < -0.39 is 17.6 Å². The van der Waals surface area contributed by atoms with Crippen LogP contribution in [0, 0.1) is 5.41 Å². The third-order valence-corrected chi connectivity index (χ3v) is 4.58. The molecule has 0 saturated heterocycles. The number of halogens is 3. The summed E-state index contributed by atoms with van der Waals surface area (Å²) in [5.41, 5.74) is -0.549. The van der Waals surface area contributed by atoms with Gasteiger partial charge in [-0.2, -0.15) is 13.2 Å². The fourth-order valence-electron chi connectivity index (χ4n) is 2.31. The molecular formula is C17H21F3N2OS. The zero-order chi connectivity index (χ0) is 18.1. The van der Waals surface area contributed by atoms with Crippen LogP contribution in [0.1, 0.15) is 48.0 Å². The average Bonchev–Trinajstić information content (AvgIpc) is 3.01. The second-order valence-corrected chi connectivity index (χ2v) is 8.02. The fraction of sp³-hybridized carbons (Fsp3) is 0.471. The van der Waals surface area contributed by atoms with Crippen LogP contribution in [0.5, 0.6) is 0 Å². The molecule has 0 fully saturated rings. The molecule has 1 amide bonds. The summed E-state index contributed by atoms with van der Waals surface area (Å²) in [7, 11) is 1.46. The van der Waals surface area contributed by atoms with Crippen LogP contribution in [0.25, 0.3) is 0 Å². The van der Waals surface area contributed by atoms with Crippen LogP contribution in [-0.2, 0) is 19.6 Å². The monoisotopic (exact) mass is 358 g/mol. The number of hydrogen-bond donors (Lipinski definition) is 1. The number of amides is 1. The molecule has 0 saturated carbocycles. The lowest BCUT2D eigenvalue weighted by molar-refractivity contribution is -0.137. The third kappa shape index (κ3) is 4.63. The molecule has 2 aromatic rings. The van der Waals surface area contributed by atoms with Crippen molar-refractivity contribution in [2.45, 2.75) is 39.8 Å². The van der Waals surface area contributed by atoms with Gasteiger partial charge in [-0.3, -0.25) is 4.79 Å². The first-order chi connectivity index (χ1) is 11.0. The van der Waals surface area contributed by atoms with Gasteiger partial charge < -0.3 is 9.88 Å². The molecule has 24 heavy (non-hydrogen) atoms. The standard InChI is InChI=1S/C17H21F3N2OS/c1-16(2,3)7-5-14-13(6-8-24-14)21-15(23)11-9-22(4)10-12(11)17(18,19)20/h6,8-10H,5,7H2,1-4H3,(H,21,23). The number of carbonyl (C=O) groups excluding carboxylic acids is 1. The van der Waals surface area contributed by atoms with E-state index in [0.29, 0.717) is 5.69 Å². The Hall–Kier alpha value is -1.76. The molecule has 3 nitrogen and oxygen atoms in total. The second kappa shape index (κ2) is 6.63. The number of nitrogens with one attached hydrogen (secondary N) is 1. The maximum atomic E-state index is 13.0. The molecule has 0 unspecified atom stereocenters. The van der Waals surface area contributed by atoms with E-state index in [-0.39, 0.29) is 11.0 Å². The number of alkyl halides is 3. The van der Waals surface area contributed by atoms with Crippen LogP contribution in [0.15, 0.2) is 23.8 Å². The number of thiophene rings is 1. The van der Waals surface area contributed by atoms with Crippen molar-refractivity contribution in [1.29, 1.82) is 0 Å². The van der Waals surface area contributed by atoms with E-state index in [4.69, 9.17) is 0 Å². The molecule has 1 N–H and O–H groups in total. The lowest BCUT2D eigenvalue weighted by atomic mass is 9.90. The Labute approximate surface area is 143 Å². The number of rotatable bonds is 4. The van der Waals surface area contributed by atoms with Crippen LogP contribution >= 0.6 is 11.3 Å². The van der Waals surface area contributed by atoms with Gasteiger partial charge in [0.25, 0.3) is 5.91 Å². The number of aryl methyl sites for hydroxylation is 2. The Bertz CT molecular complexity index is 723.